The van der Waals surface area contributed by atoms with Crippen molar-refractivity contribution in [2.75, 3.05) is 12.3 Å². The van der Waals surface area contributed by atoms with Crippen LogP contribution >= 0.6 is 35.0 Å². The van der Waals surface area contributed by atoms with Crippen molar-refractivity contribution < 1.29 is 4.79 Å². The molecular formula is C19H20Cl2N4OS. The molecule has 0 aliphatic rings. The smallest absolute Gasteiger partial charge is 0.230 e. The summed E-state index contributed by atoms with van der Waals surface area (Å²) >= 11 is 13.4. The molecule has 0 spiro atoms. The van der Waals surface area contributed by atoms with E-state index >= 15 is 0 Å². The van der Waals surface area contributed by atoms with Crippen LogP contribution in [0.5, 0.6) is 0 Å². The average Bonchev–Trinajstić information content (AvgIpc) is 3.03. The molecule has 1 N–H and O–H groups in total. The Morgan fingerprint density at radius 3 is 2.67 bits per heavy atom. The highest BCUT2D eigenvalue weighted by Crippen LogP contribution is 2.25. The van der Waals surface area contributed by atoms with Gasteiger partial charge in [0.2, 0.25) is 5.91 Å². The summed E-state index contributed by atoms with van der Waals surface area (Å²) in [5.41, 5.74) is 3.05. The maximum absolute atomic E-state index is 12.1. The molecule has 0 unspecified atom stereocenters. The lowest BCUT2D eigenvalue weighted by molar-refractivity contribution is -0.118. The van der Waals surface area contributed by atoms with E-state index in [2.05, 4.69) is 53.6 Å². The topological polar surface area (TPSA) is 59.3 Å². The van der Waals surface area contributed by atoms with E-state index in [4.69, 9.17) is 23.2 Å². The summed E-state index contributed by atoms with van der Waals surface area (Å²) in [7, 11) is 0. The van der Waals surface area contributed by atoms with E-state index in [0.29, 0.717) is 33.3 Å². The molecule has 0 saturated carbocycles. The molecule has 5 nitrogen and oxygen atoms in total. The molecule has 0 fully saturated rings. The maximum Gasteiger partial charge on any atom is 0.230 e. The Labute approximate surface area is 172 Å². The average molecular weight is 423 g/mol. The zero-order valence-corrected chi connectivity index (χ0v) is 17.4. The third kappa shape index (κ3) is 5.15. The largest absolute Gasteiger partial charge is 0.355 e. The van der Waals surface area contributed by atoms with Gasteiger partial charge in [-0.15, -0.1) is 10.2 Å². The molecule has 142 valence electrons. The number of amides is 1. The highest BCUT2D eigenvalue weighted by Gasteiger charge is 2.12. The van der Waals surface area contributed by atoms with Gasteiger partial charge in [0.05, 0.1) is 15.8 Å². The van der Waals surface area contributed by atoms with Crippen LogP contribution in [0.25, 0.3) is 5.65 Å². The molecule has 2 aromatic heterocycles. The number of carbonyl (C=O) groups is 1. The van der Waals surface area contributed by atoms with E-state index in [-0.39, 0.29) is 11.7 Å². The van der Waals surface area contributed by atoms with Gasteiger partial charge in [0, 0.05) is 12.7 Å². The van der Waals surface area contributed by atoms with Gasteiger partial charge in [-0.05, 0) is 29.5 Å². The van der Waals surface area contributed by atoms with Crippen molar-refractivity contribution >= 4 is 46.5 Å². The molecule has 0 aliphatic carbocycles. The summed E-state index contributed by atoms with van der Waals surface area (Å²) in [6.07, 6.45) is 2.48. The molecule has 1 aromatic carbocycles. The highest BCUT2D eigenvalue weighted by atomic mass is 35.5. The molecule has 1 amide bonds. The third-order valence-electron chi connectivity index (χ3n) is 4.11. The lowest BCUT2D eigenvalue weighted by atomic mass is 10.0. The van der Waals surface area contributed by atoms with Gasteiger partial charge in [0.15, 0.2) is 10.8 Å². The summed E-state index contributed by atoms with van der Waals surface area (Å²) in [5.74, 6) is 0.717. The van der Waals surface area contributed by atoms with Crippen molar-refractivity contribution in [1.82, 2.24) is 19.9 Å². The normalized spacial score (nSPS) is 11.3. The summed E-state index contributed by atoms with van der Waals surface area (Å²) < 4.78 is 1.69. The summed E-state index contributed by atoms with van der Waals surface area (Å²) in [5, 5.41) is 12.5. The quantitative estimate of drug-likeness (QED) is 0.564. The second-order valence-electron chi connectivity index (χ2n) is 6.47. The fraction of sp³-hybridized carbons (Fsp3) is 0.316. The molecule has 0 radical (unpaired) electrons. The number of hydrogen-bond acceptors (Lipinski definition) is 4. The molecule has 3 aromatic rings. The minimum absolute atomic E-state index is 0.0522. The van der Waals surface area contributed by atoms with Crippen LogP contribution in [0.2, 0.25) is 10.0 Å². The Morgan fingerprint density at radius 1 is 1.22 bits per heavy atom. The van der Waals surface area contributed by atoms with Crippen molar-refractivity contribution in [2.24, 2.45) is 0 Å². The first-order valence-corrected chi connectivity index (χ1v) is 10.4. The minimum atomic E-state index is -0.0522. The van der Waals surface area contributed by atoms with Gasteiger partial charge in [-0.1, -0.05) is 73.1 Å². The molecule has 0 aliphatic heterocycles. The maximum atomic E-state index is 12.1. The van der Waals surface area contributed by atoms with Gasteiger partial charge in [-0.2, -0.15) is 0 Å². The SMILES string of the molecule is CC(C)c1ccc(CCNC(=O)CSc2nnc3c(Cl)cc(Cl)cn23)cc1. The molecule has 3 rings (SSSR count). The Kier molecular flexibility index (Phi) is 6.63. The highest BCUT2D eigenvalue weighted by molar-refractivity contribution is 7.99. The monoisotopic (exact) mass is 422 g/mol. The number of fused-ring (bicyclic) bond motifs is 1. The fourth-order valence-corrected chi connectivity index (χ4v) is 3.85. The second kappa shape index (κ2) is 8.95. The summed E-state index contributed by atoms with van der Waals surface area (Å²) in [6.45, 7) is 4.94. The lowest BCUT2D eigenvalue weighted by Gasteiger charge is -2.08. The molecule has 2 heterocycles. The number of nitrogens with zero attached hydrogens (tertiary/aromatic N) is 3. The molecule has 0 saturated heterocycles. The number of carbonyl (C=O) groups excluding carboxylic acids is 1. The molecule has 0 bridgehead atoms. The molecule has 0 atom stereocenters. The number of halogens is 2. The van der Waals surface area contributed by atoms with Crippen LogP contribution in [0.4, 0.5) is 0 Å². The number of rotatable bonds is 7. The summed E-state index contributed by atoms with van der Waals surface area (Å²) in [4.78, 5) is 12.1. The predicted molar refractivity (Wildman–Crippen MR) is 111 cm³/mol. The number of hydrogen-bond donors (Lipinski definition) is 1. The molecule has 8 heteroatoms. The van der Waals surface area contributed by atoms with Crippen LogP contribution in [-0.4, -0.2) is 32.8 Å². The Bertz CT molecular complexity index is 941. The van der Waals surface area contributed by atoms with Gasteiger partial charge < -0.3 is 5.32 Å². The number of benzene rings is 1. The Hall–Kier alpha value is -1.76. The van der Waals surface area contributed by atoms with E-state index < -0.39 is 0 Å². The van der Waals surface area contributed by atoms with E-state index in [1.165, 1.54) is 22.9 Å². The molecular weight excluding hydrogens is 403 g/mol. The number of nitrogens with one attached hydrogen (secondary N) is 1. The zero-order chi connectivity index (χ0) is 19.4. The van der Waals surface area contributed by atoms with E-state index in [1.807, 2.05) is 0 Å². The first kappa shape index (κ1) is 20.0. The van der Waals surface area contributed by atoms with E-state index in [1.54, 1.807) is 16.7 Å². The second-order valence-corrected chi connectivity index (χ2v) is 8.25. The third-order valence-corrected chi connectivity index (χ3v) is 5.54. The summed E-state index contributed by atoms with van der Waals surface area (Å²) in [6, 6.07) is 10.1. The van der Waals surface area contributed by atoms with Crippen LogP contribution in [0.15, 0.2) is 41.7 Å². The number of thioether (sulfide) groups is 1. The van der Waals surface area contributed by atoms with Crippen LogP contribution in [-0.2, 0) is 11.2 Å². The van der Waals surface area contributed by atoms with Crippen LogP contribution in [0, 0.1) is 0 Å². The number of pyridine rings is 1. The van der Waals surface area contributed by atoms with Gasteiger partial charge in [0.25, 0.3) is 0 Å². The van der Waals surface area contributed by atoms with E-state index in [0.717, 1.165) is 6.42 Å². The van der Waals surface area contributed by atoms with Crippen molar-refractivity contribution in [1.29, 1.82) is 0 Å². The standard InChI is InChI=1S/C19H20Cl2N4OS/c1-12(2)14-5-3-13(4-6-14)7-8-22-17(26)11-27-19-24-23-18-16(21)9-15(20)10-25(18)19/h3-6,9-10,12H,7-8,11H2,1-2H3,(H,22,26). The minimum Gasteiger partial charge on any atom is -0.355 e. The first-order chi connectivity index (χ1) is 12.9. The van der Waals surface area contributed by atoms with Gasteiger partial charge in [0.1, 0.15) is 0 Å². The van der Waals surface area contributed by atoms with Crippen molar-refractivity contribution in [3.05, 3.63) is 57.7 Å². The Morgan fingerprint density at radius 2 is 1.96 bits per heavy atom. The van der Waals surface area contributed by atoms with Crippen molar-refractivity contribution in [2.45, 2.75) is 31.3 Å². The fourth-order valence-electron chi connectivity index (χ4n) is 2.60. The van der Waals surface area contributed by atoms with Gasteiger partial charge in [-0.3, -0.25) is 9.20 Å². The van der Waals surface area contributed by atoms with Crippen LogP contribution in [0.1, 0.15) is 30.9 Å². The van der Waals surface area contributed by atoms with E-state index in [9.17, 15) is 4.79 Å². The van der Waals surface area contributed by atoms with Crippen LogP contribution < -0.4 is 5.32 Å². The number of aromatic nitrogens is 3. The molecule has 27 heavy (non-hydrogen) atoms. The first-order valence-electron chi connectivity index (χ1n) is 8.62. The van der Waals surface area contributed by atoms with Crippen molar-refractivity contribution in [3.8, 4) is 0 Å². The lowest BCUT2D eigenvalue weighted by Crippen LogP contribution is -2.27. The predicted octanol–water partition coefficient (Wildman–Crippen LogP) is 4.61. The zero-order valence-electron chi connectivity index (χ0n) is 15.1. The van der Waals surface area contributed by atoms with Crippen LogP contribution in [0.3, 0.4) is 0 Å². The Balaban J connectivity index is 1.49. The van der Waals surface area contributed by atoms with Gasteiger partial charge in [-0.25, -0.2) is 0 Å². The van der Waals surface area contributed by atoms with Crippen molar-refractivity contribution in [3.63, 3.8) is 0 Å². The van der Waals surface area contributed by atoms with Gasteiger partial charge >= 0.3 is 0 Å².